The Hall–Kier alpha value is -2.45. The monoisotopic (exact) mass is 499 g/mol. The number of ether oxygens (including phenoxy) is 1. The van der Waals surface area contributed by atoms with Gasteiger partial charge in [-0.05, 0) is 50.7 Å². The number of aliphatic hydroxyl groups is 1. The molecule has 3 amide bonds. The molecule has 0 aliphatic carbocycles. The normalized spacial score (nSPS) is 34.6. The molecule has 4 rings (SSSR count). The van der Waals surface area contributed by atoms with Gasteiger partial charge in [0.05, 0.1) is 30.1 Å². The maximum Gasteiger partial charge on any atom is 0.246 e. The van der Waals surface area contributed by atoms with Gasteiger partial charge in [0, 0.05) is 11.7 Å². The van der Waals surface area contributed by atoms with Crippen molar-refractivity contribution >= 4 is 23.4 Å². The minimum atomic E-state index is -1.12. The molecule has 198 valence electrons. The van der Waals surface area contributed by atoms with Crippen LogP contribution in [0.5, 0.6) is 0 Å². The SMILES string of the molecule is CCCC(C)NC(=O)C1N([C@@H](CO)C(C)C)C(=O)[C@@H]2[C@H](C(=O)Nc3ccccc3)[C@@]3(C)OC12CC3C. The standard InChI is InChI=1S/C28H41N3O5/c1-7-11-18(5)29-25(34)23-28-14-17(4)27(6,36-28)21(24(33)30-19-12-9-8-10-13-19)22(28)26(35)31(23)20(15-32)16(2)3/h8-10,12-13,16-18,20-23,32H,7,11,14-15H2,1-6H3,(H,29,34)(H,30,33)/t17?,18?,20-,21+,22-,23?,27-,28?/m0/s1. The van der Waals surface area contributed by atoms with Gasteiger partial charge in [-0.25, -0.2) is 0 Å². The van der Waals surface area contributed by atoms with E-state index in [9.17, 15) is 19.5 Å². The first kappa shape index (κ1) is 26.6. The average Bonchev–Trinajstić information content (AvgIpc) is 3.32. The smallest absolute Gasteiger partial charge is 0.246 e. The summed E-state index contributed by atoms with van der Waals surface area (Å²) < 4.78 is 6.74. The number of likely N-dealkylation sites (tertiary alicyclic amines) is 1. The van der Waals surface area contributed by atoms with Gasteiger partial charge in [0.2, 0.25) is 17.7 Å². The summed E-state index contributed by atoms with van der Waals surface area (Å²) in [5, 5.41) is 16.4. The lowest BCUT2D eigenvalue weighted by Gasteiger charge is -2.39. The Morgan fingerprint density at radius 1 is 1.19 bits per heavy atom. The summed E-state index contributed by atoms with van der Waals surface area (Å²) in [4.78, 5) is 43.4. The van der Waals surface area contributed by atoms with Crippen molar-refractivity contribution in [3.05, 3.63) is 30.3 Å². The summed E-state index contributed by atoms with van der Waals surface area (Å²) in [6.07, 6.45) is 2.23. The van der Waals surface area contributed by atoms with Gasteiger partial charge >= 0.3 is 0 Å². The highest BCUT2D eigenvalue weighted by atomic mass is 16.5. The summed E-state index contributed by atoms with van der Waals surface area (Å²) in [5.41, 5.74) is -1.36. The third kappa shape index (κ3) is 4.02. The molecule has 0 aromatic heterocycles. The highest BCUT2D eigenvalue weighted by molar-refractivity contribution is 6.02. The Bertz CT molecular complexity index is 1000. The Kier molecular flexibility index (Phi) is 7.23. The van der Waals surface area contributed by atoms with Gasteiger partial charge in [-0.3, -0.25) is 14.4 Å². The van der Waals surface area contributed by atoms with E-state index in [1.165, 1.54) is 0 Å². The van der Waals surface area contributed by atoms with Crippen LogP contribution in [0, 0.1) is 23.7 Å². The van der Waals surface area contributed by atoms with E-state index in [0.717, 1.165) is 12.8 Å². The van der Waals surface area contributed by atoms with Crippen LogP contribution in [-0.4, -0.2) is 63.7 Å². The van der Waals surface area contributed by atoms with Gasteiger partial charge in [-0.15, -0.1) is 0 Å². The fourth-order valence-corrected chi connectivity index (χ4v) is 6.92. The quantitative estimate of drug-likeness (QED) is 0.484. The number of amides is 3. The van der Waals surface area contributed by atoms with Crippen LogP contribution in [0.1, 0.15) is 60.8 Å². The Morgan fingerprint density at radius 3 is 2.44 bits per heavy atom. The zero-order valence-corrected chi connectivity index (χ0v) is 22.3. The van der Waals surface area contributed by atoms with E-state index in [2.05, 4.69) is 17.6 Å². The number of aliphatic hydroxyl groups excluding tert-OH is 1. The molecule has 8 nitrogen and oxygen atoms in total. The summed E-state index contributed by atoms with van der Waals surface area (Å²) in [6.45, 7) is 11.5. The van der Waals surface area contributed by atoms with Crippen molar-refractivity contribution < 1.29 is 24.2 Å². The molecule has 3 aliphatic heterocycles. The summed E-state index contributed by atoms with van der Waals surface area (Å²) in [7, 11) is 0. The molecule has 3 N–H and O–H groups in total. The van der Waals surface area contributed by atoms with Gasteiger partial charge in [0.15, 0.2) is 0 Å². The van der Waals surface area contributed by atoms with Crippen molar-refractivity contribution in [2.24, 2.45) is 23.7 Å². The van der Waals surface area contributed by atoms with E-state index in [0.29, 0.717) is 12.1 Å². The second kappa shape index (κ2) is 9.78. The number of carbonyl (C=O) groups excluding carboxylic acids is 3. The molecule has 0 radical (unpaired) electrons. The molecule has 36 heavy (non-hydrogen) atoms. The topological polar surface area (TPSA) is 108 Å². The molecule has 1 aromatic carbocycles. The van der Waals surface area contributed by atoms with Gasteiger partial charge in [-0.1, -0.05) is 52.3 Å². The summed E-state index contributed by atoms with van der Waals surface area (Å²) in [5.74, 6) is -2.51. The first-order valence-corrected chi connectivity index (χ1v) is 13.3. The summed E-state index contributed by atoms with van der Waals surface area (Å²) >= 11 is 0. The maximum atomic E-state index is 14.2. The number of hydrogen-bond donors (Lipinski definition) is 3. The van der Waals surface area contributed by atoms with Gasteiger partial charge in [-0.2, -0.15) is 0 Å². The van der Waals surface area contributed by atoms with Crippen molar-refractivity contribution in [3.8, 4) is 0 Å². The van der Waals surface area contributed by atoms with Gasteiger partial charge in [0.1, 0.15) is 11.6 Å². The number of carbonyl (C=O) groups is 3. The molecule has 3 aliphatic rings. The maximum absolute atomic E-state index is 14.2. The Labute approximate surface area is 214 Å². The Balaban J connectivity index is 1.78. The van der Waals surface area contributed by atoms with Crippen LogP contribution in [0.4, 0.5) is 5.69 Å². The number of benzene rings is 1. The molecule has 1 aromatic rings. The number of hydrogen-bond acceptors (Lipinski definition) is 5. The molecule has 3 fully saturated rings. The number of anilines is 1. The lowest BCUT2D eigenvalue weighted by Crippen LogP contribution is -2.60. The molecular weight excluding hydrogens is 458 g/mol. The highest BCUT2D eigenvalue weighted by Gasteiger charge is 2.80. The lowest BCUT2D eigenvalue weighted by molar-refractivity contribution is -0.151. The predicted molar refractivity (Wildman–Crippen MR) is 137 cm³/mol. The van der Waals surface area contributed by atoms with Crippen molar-refractivity contribution in [2.45, 2.75) is 90.1 Å². The van der Waals surface area contributed by atoms with Crippen LogP contribution < -0.4 is 10.6 Å². The van der Waals surface area contributed by atoms with Crippen LogP contribution in [0.3, 0.4) is 0 Å². The van der Waals surface area contributed by atoms with E-state index in [1.54, 1.807) is 4.90 Å². The molecule has 8 atom stereocenters. The molecule has 3 saturated heterocycles. The average molecular weight is 500 g/mol. The van der Waals surface area contributed by atoms with Crippen molar-refractivity contribution in [1.29, 1.82) is 0 Å². The molecule has 1 spiro atoms. The zero-order valence-electron chi connectivity index (χ0n) is 22.3. The minimum Gasteiger partial charge on any atom is -0.394 e. The third-order valence-electron chi connectivity index (χ3n) is 8.75. The van der Waals surface area contributed by atoms with E-state index < -0.39 is 35.1 Å². The number of nitrogens with one attached hydrogen (secondary N) is 2. The predicted octanol–water partition coefficient (Wildman–Crippen LogP) is 2.96. The molecule has 2 bridgehead atoms. The molecule has 4 unspecified atom stereocenters. The third-order valence-corrected chi connectivity index (χ3v) is 8.75. The van der Waals surface area contributed by atoms with Crippen molar-refractivity contribution in [3.63, 3.8) is 0 Å². The number of nitrogens with zero attached hydrogens (tertiary/aromatic N) is 1. The first-order chi connectivity index (χ1) is 17.0. The van der Waals surface area contributed by atoms with Gasteiger partial charge < -0.3 is 25.4 Å². The fourth-order valence-electron chi connectivity index (χ4n) is 6.92. The molecule has 0 saturated carbocycles. The summed E-state index contributed by atoms with van der Waals surface area (Å²) in [6, 6.07) is 7.64. The van der Waals surface area contributed by atoms with Crippen LogP contribution in [0.2, 0.25) is 0 Å². The van der Waals surface area contributed by atoms with Crippen molar-refractivity contribution in [1.82, 2.24) is 10.2 Å². The van der Waals surface area contributed by atoms with E-state index in [4.69, 9.17) is 4.74 Å². The number of para-hydroxylation sites is 1. The molecular formula is C28H41N3O5. The fraction of sp³-hybridized carbons (Fsp3) is 0.679. The van der Waals surface area contributed by atoms with Crippen LogP contribution in [-0.2, 0) is 19.1 Å². The van der Waals surface area contributed by atoms with Crippen LogP contribution >= 0.6 is 0 Å². The minimum absolute atomic E-state index is 0.0389. The highest BCUT2D eigenvalue weighted by Crippen LogP contribution is 2.65. The second-order valence-electron chi connectivity index (χ2n) is 11.5. The first-order valence-electron chi connectivity index (χ1n) is 13.3. The van der Waals surface area contributed by atoms with E-state index in [-0.39, 0.29) is 42.2 Å². The van der Waals surface area contributed by atoms with Crippen LogP contribution in [0.25, 0.3) is 0 Å². The molecule has 3 heterocycles. The van der Waals surface area contributed by atoms with Crippen molar-refractivity contribution in [2.75, 3.05) is 11.9 Å². The Morgan fingerprint density at radius 2 is 1.86 bits per heavy atom. The zero-order chi connectivity index (χ0) is 26.4. The second-order valence-corrected chi connectivity index (χ2v) is 11.5. The van der Waals surface area contributed by atoms with Crippen LogP contribution in [0.15, 0.2) is 30.3 Å². The van der Waals surface area contributed by atoms with E-state index >= 15 is 0 Å². The molecule has 8 heteroatoms. The number of fused-ring (bicyclic) bond motifs is 1. The lowest BCUT2D eigenvalue weighted by atomic mass is 9.62. The van der Waals surface area contributed by atoms with Gasteiger partial charge in [0.25, 0.3) is 0 Å². The van der Waals surface area contributed by atoms with E-state index in [1.807, 2.05) is 65.0 Å². The largest absolute Gasteiger partial charge is 0.394 e. The number of rotatable bonds is 9.